The van der Waals surface area contributed by atoms with Gasteiger partial charge < -0.3 is 14.6 Å². The summed E-state index contributed by atoms with van der Waals surface area (Å²) in [6.07, 6.45) is 3.71. The van der Waals surface area contributed by atoms with E-state index in [0.29, 0.717) is 36.3 Å². The van der Waals surface area contributed by atoms with Gasteiger partial charge in [-0.25, -0.2) is 9.97 Å². The normalized spacial score (nSPS) is 10.5. The zero-order valence-corrected chi connectivity index (χ0v) is 13.5. The number of ether oxygens (including phenoxy) is 2. The van der Waals surface area contributed by atoms with E-state index < -0.39 is 0 Å². The third-order valence-electron chi connectivity index (χ3n) is 3.11. The van der Waals surface area contributed by atoms with E-state index in [1.54, 1.807) is 18.5 Å². The van der Waals surface area contributed by atoms with Gasteiger partial charge in [-0.1, -0.05) is 23.5 Å². The summed E-state index contributed by atoms with van der Waals surface area (Å²) in [6, 6.07) is 9.49. The summed E-state index contributed by atoms with van der Waals surface area (Å²) < 4.78 is 10.9. The topological polar surface area (TPSA) is 97.3 Å². The summed E-state index contributed by atoms with van der Waals surface area (Å²) in [5.41, 5.74) is 0.974. The molecule has 0 aliphatic heterocycles. The number of hydrogen-bond donors (Lipinski definition) is 2. The molecule has 0 aliphatic carbocycles. The predicted octanol–water partition coefficient (Wildman–Crippen LogP) is 1.98. The number of rotatable bonds is 7. The number of hydrogen-bond acceptors (Lipinski definition) is 7. The van der Waals surface area contributed by atoms with Gasteiger partial charge in [-0.05, 0) is 23.8 Å². The minimum Gasteiger partial charge on any atom is -0.494 e. The van der Waals surface area contributed by atoms with Gasteiger partial charge in [-0.2, -0.15) is 0 Å². The van der Waals surface area contributed by atoms with E-state index in [-0.39, 0.29) is 10.8 Å². The van der Waals surface area contributed by atoms with Gasteiger partial charge >= 0.3 is 10.9 Å². The van der Waals surface area contributed by atoms with Crippen molar-refractivity contribution < 1.29 is 14.6 Å². The molecule has 0 unspecified atom stereocenters. The first-order valence-electron chi connectivity index (χ1n) is 7.23. The number of H-pyrrole nitrogens is 1. The Labute approximate surface area is 141 Å². The van der Waals surface area contributed by atoms with Crippen molar-refractivity contribution in [2.45, 2.75) is 6.42 Å². The molecule has 124 valence electrons. The first kappa shape index (κ1) is 16.0. The van der Waals surface area contributed by atoms with Gasteiger partial charge in [0.15, 0.2) is 0 Å². The third-order valence-corrected chi connectivity index (χ3v) is 3.99. The molecule has 2 aromatic heterocycles. The van der Waals surface area contributed by atoms with Gasteiger partial charge in [0.25, 0.3) is 0 Å². The first-order chi connectivity index (χ1) is 11.7. The molecule has 0 atom stereocenters. The predicted molar refractivity (Wildman–Crippen MR) is 88.9 cm³/mol. The van der Waals surface area contributed by atoms with E-state index in [4.69, 9.17) is 9.47 Å². The minimum absolute atomic E-state index is 0.0643. The molecule has 24 heavy (non-hydrogen) atoms. The fraction of sp³-hybridized carbons (Fsp3) is 0.188. The van der Waals surface area contributed by atoms with Crippen LogP contribution in [-0.2, 0) is 6.42 Å². The largest absolute Gasteiger partial charge is 0.494 e. The molecule has 0 saturated heterocycles. The van der Waals surface area contributed by atoms with Gasteiger partial charge in [0.05, 0.1) is 4.88 Å². The quantitative estimate of drug-likeness (QED) is 0.636. The lowest BCUT2D eigenvalue weighted by atomic mass is 10.1. The molecule has 1 aromatic carbocycles. The number of nitrogens with zero attached hydrogens (tertiary/aromatic N) is 2. The van der Waals surface area contributed by atoms with Crippen molar-refractivity contribution in [3.05, 3.63) is 62.8 Å². The Morgan fingerprint density at radius 3 is 2.46 bits per heavy atom. The molecule has 2 N–H and O–H groups in total. The van der Waals surface area contributed by atoms with E-state index in [0.717, 1.165) is 16.9 Å². The summed E-state index contributed by atoms with van der Waals surface area (Å²) in [6.45, 7) is 0.717. The van der Waals surface area contributed by atoms with Gasteiger partial charge in [0.2, 0.25) is 5.88 Å². The number of nitrogens with one attached hydrogen (secondary N) is 1. The Balaban J connectivity index is 1.48. The van der Waals surface area contributed by atoms with E-state index in [9.17, 15) is 9.90 Å². The number of benzene rings is 1. The maximum absolute atomic E-state index is 11.2. The van der Waals surface area contributed by atoms with E-state index >= 15 is 0 Å². The first-order valence-corrected chi connectivity index (χ1v) is 8.05. The Hall–Kier alpha value is -2.87. The van der Waals surface area contributed by atoms with Crippen molar-refractivity contribution in [3.8, 4) is 17.6 Å². The van der Waals surface area contributed by atoms with Crippen LogP contribution in [0.15, 0.2) is 47.5 Å². The second kappa shape index (κ2) is 7.60. The van der Waals surface area contributed by atoms with Gasteiger partial charge in [0.1, 0.15) is 19.0 Å². The Morgan fingerprint density at radius 1 is 1.08 bits per heavy atom. The molecule has 0 radical (unpaired) electrons. The lowest BCUT2D eigenvalue weighted by Gasteiger charge is -2.07. The van der Waals surface area contributed by atoms with Crippen LogP contribution >= 0.6 is 11.3 Å². The van der Waals surface area contributed by atoms with Crippen LogP contribution in [0, 0.1) is 0 Å². The highest BCUT2D eigenvalue weighted by atomic mass is 32.1. The molecule has 3 aromatic rings. The van der Waals surface area contributed by atoms with Crippen LogP contribution in [0.4, 0.5) is 0 Å². The number of thiazole rings is 1. The SMILES string of the molecule is O=c1[nH]c(O)c(Cc2ccc(OCCOc3ncccn3)cc2)s1. The van der Waals surface area contributed by atoms with Crippen molar-refractivity contribution in [1.29, 1.82) is 0 Å². The van der Waals surface area contributed by atoms with Gasteiger partial charge in [-0.15, -0.1) is 0 Å². The highest BCUT2D eigenvalue weighted by Crippen LogP contribution is 2.21. The maximum atomic E-state index is 11.2. The van der Waals surface area contributed by atoms with Crippen molar-refractivity contribution in [2.24, 2.45) is 0 Å². The summed E-state index contributed by atoms with van der Waals surface area (Å²) in [7, 11) is 0. The van der Waals surface area contributed by atoms with Crippen molar-refractivity contribution in [3.63, 3.8) is 0 Å². The molecule has 8 heteroatoms. The molecule has 0 saturated carbocycles. The average molecular weight is 345 g/mol. The maximum Gasteiger partial charge on any atom is 0.316 e. The van der Waals surface area contributed by atoms with Crippen LogP contribution in [0.2, 0.25) is 0 Å². The van der Waals surface area contributed by atoms with Crippen molar-refractivity contribution >= 4 is 11.3 Å². The Kier molecular flexibility index (Phi) is 5.07. The summed E-state index contributed by atoms with van der Waals surface area (Å²) in [5, 5.41) is 9.59. The number of aromatic nitrogens is 3. The third kappa shape index (κ3) is 4.32. The molecule has 0 amide bonds. The summed E-state index contributed by atoms with van der Waals surface area (Å²) in [5.74, 6) is 0.647. The molecular weight excluding hydrogens is 330 g/mol. The number of aromatic amines is 1. The Bertz CT molecular complexity index is 831. The summed E-state index contributed by atoms with van der Waals surface area (Å²) >= 11 is 1.01. The Morgan fingerprint density at radius 2 is 1.79 bits per heavy atom. The molecule has 3 rings (SSSR count). The van der Waals surface area contributed by atoms with Crippen LogP contribution in [0.25, 0.3) is 0 Å². The monoisotopic (exact) mass is 345 g/mol. The van der Waals surface area contributed by atoms with Crippen molar-refractivity contribution in [1.82, 2.24) is 15.0 Å². The molecule has 0 bridgehead atoms. The molecule has 2 heterocycles. The standard InChI is InChI=1S/C16H15N3O4S/c20-14-13(24-16(21)19-14)10-11-2-4-12(5-3-11)22-8-9-23-15-17-6-1-7-18-15/h1-7,20H,8-10H2,(H,19,21). The zero-order valence-electron chi connectivity index (χ0n) is 12.6. The molecule has 0 spiro atoms. The smallest absolute Gasteiger partial charge is 0.316 e. The lowest BCUT2D eigenvalue weighted by Crippen LogP contribution is -2.10. The second-order valence-corrected chi connectivity index (χ2v) is 5.90. The van der Waals surface area contributed by atoms with E-state index in [2.05, 4.69) is 15.0 Å². The van der Waals surface area contributed by atoms with Crippen LogP contribution in [-0.4, -0.2) is 33.3 Å². The fourth-order valence-electron chi connectivity index (χ4n) is 2.01. The highest BCUT2D eigenvalue weighted by molar-refractivity contribution is 7.09. The second-order valence-electron chi connectivity index (χ2n) is 4.84. The highest BCUT2D eigenvalue weighted by Gasteiger charge is 2.07. The van der Waals surface area contributed by atoms with Crippen LogP contribution in [0.3, 0.4) is 0 Å². The zero-order chi connectivity index (χ0) is 16.8. The molecule has 0 fully saturated rings. The van der Waals surface area contributed by atoms with Gasteiger partial charge in [0, 0.05) is 18.8 Å². The van der Waals surface area contributed by atoms with Crippen molar-refractivity contribution in [2.75, 3.05) is 13.2 Å². The van der Waals surface area contributed by atoms with Crippen LogP contribution in [0.5, 0.6) is 17.6 Å². The lowest BCUT2D eigenvalue weighted by molar-refractivity contribution is 0.206. The molecule has 0 aliphatic rings. The molecule has 7 nitrogen and oxygen atoms in total. The fourth-order valence-corrected chi connectivity index (χ4v) is 2.77. The van der Waals surface area contributed by atoms with Crippen LogP contribution in [0.1, 0.15) is 10.4 Å². The van der Waals surface area contributed by atoms with E-state index in [1.165, 1.54) is 0 Å². The van der Waals surface area contributed by atoms with Crippen LogP contribution < -0.4 is 14.3 Å². The van der Waals surface area contributed by atoms with E-state index in [1.807, 2.05) is 24.3 Å². The average Bonchev–Trinajstić information content (AvgIpc) is 2.91. The summed E-state index contributed by atoms with van der Waals surface area (Å²) in [4.78, 5) is 21.8. The van der Waals surface area contributed by atoms with Gasteiger partial charge in [-0.3, -0.25) is 9.78 Å². The number of aromatic hydroxyl groups is 1. The minimum atomic E-state index is -0.259. The molecular formula is C16H15N3O4S.